The smallest absolute Gasteiger partial charge is 0.306 e. The highest BCUT2D eigenvalue weighted by Crippen LogP contribution is 2.50. The minimum atomic E-state index is -0.735. The lowest BCUT2D eigenvalue weighted by Gasteiger charge is -2.35. The molecule has 1 saturated heterocycles. The largest absolute Gasteiger partial charge is 0.483 e. The Labute approximate surface area is 317 Å². The first-order valence-corrected chi connectivity index (χ1v) is 21.1. The van der Waals surface area contributed by atoms with E-state index in [4.69, 9.17) is 29.6 Å². The van der Waals surface area contributed by atoms with Gasteiger partial charge in [-0.05, 0) is 65.7 Å². The van der Waals surface area contributed by atoms with Gasteiger partial charge in [0, 0.05) is 25.4 Å². The number of hydrogen-bond donors (Lipinski definition) is 4. The number of epoxide rings is 1. The number of unbranched alkanes of at least 4 members (excludes halogenated alkanes) is 20. The van der Waals surface area contributed by atoms with Crippen LogP contribution in [0.5, 0.6) is 0 Å². The number of allylic oxidation sites excluding steroid dienone is 1. The zero-order chi connectivity index (χ0) is 38.9. The summed E-state index contributed by atoms with van der Waals surface area (Å²) in [5.41, 5.74) is 0.945. The van der Waals surface area contributed by atoms with Crippen molar-refractivity contribution in [1.82, 2.24) is 0 Å². The van der Waals surface area contributed by atoms with Crippen molar-refractivity contribution in [2.75, 3.05) is 6.61 Å². The summed E-state index contributed by atoms with van der Waals surface area (Å²) in [7, 11) is 0. The van der Waals surface area contributed by atoms with Crippen molar-refractivity contribution < 1.29 is 44.3 Å². The maximum Gasteiger partial charge on any atom is 0.306 e. The number of ether oxygens (including phenoxy) is 2. The standard InChI is InChI=1S/C24H40O6.C18H38O.CH2O2/c1-17(2)12-15-21-24(3,30-21)19-16-18(13-14-20(19)25)29-23(28)11-9-7-5-4-6-8-10-22(26)27;1-2-3-4-5-6-7-8-9-10-11-12-13-14-15-16-17-18-19;2-1-3/h12,18-21,25H,4-11,13-16H2,1-3H3,(H,26,27);19H,2-18H2,1H3;1H,(H,2,3)/t18-,19?,20?,21?,24?;;/m1../s1. The molecule has 0 aromatic carbocycles. The number of carbonyl (C=O) groups excluding carboxylic acids is 1. The third kappa shape index (κ3) is 27.6. The molecular formula is C43H80O9. The van der Waals surface area contributed by atoms with Gasteiger partial charge in [-0.15, -0.1) is 0 Å². The minimum absolute atomic E-state index is 0.00501. The first-order chi connectivity index (χ1) is 25.0. The van der Waals surface area contributed by atoms with Crippen LogP contribution in [0.2, 0.25) is 0 Å². The fourth-order valence-electron chi connectivity index (χ4n) is 7.22. The van der Waals surface area contributed by atoms with Gasteiger partial charge in [0.2, 0.25) is 0 Å². The summed E-state index contributed by atoms with van der Waals surface area (Å²) in [4.78, 5) is 31.1. The molecule has 9 heteroatoms. The Bertz CT molecular complexity index is 887. The summed E-state index contributed by atoms with van der Waals surface area (Å²) in [6, 6.07) is 0. The molecule has 1 aliphatic carbocycles. The van der Waals surface area contributed by atoms with Crippen LogP contribution in [-0.2, 0) is 23.9 Å². The van der Waals surface area contributed by atoms with Crippen LogP contribution in [0.1, 0.15) is 207 Å². The predicted octanol–water partition coefficient (Wildman–Crippen LogP) is 10.7. The number of carboxylic acid groups (broad SMARTS) is 2. The highest BCUT2D eigenvalue weighted by atomic mass is 16.6. The monoisotopic (exact) mass is 741 g/mol. The second kappa shape index (κ2) is 33.6. The molecule has 1 saturated carbocycles. The molecule has 1 aliphatic heterocycles. The molecule has 0 bridgehead atoms. The average Bonchev–Trinajstić information content (AvgIpc) is 3.78. The van der Waals surface area contributed by atoms with Gasteiger partial charge in [-0.2, -0.15) is 0 Å². The number of aliphatic hydroxyl groups excluding tert-OH is 2. The van der Waals surface area contributed by atoms with Gasteiger partial charge in [0.05, 0.1) is 17.8 Å². The van der Waals surface area contributed by atoms with Crippen molar-refractivity contribution in [3.8, 4) is 0 Å². The third-order valence-corrected chi connectivity index (χ3v) is 10.6. The average molecular weight is 741 g/mol. The number of esters is 1. The Morgan fingerprint density at radius 3 is 1.63 bits per heavy atom. The van der Waals surface area contributed by atoms with Gasteiger partial charge in [0.25, 0.3) is 6.47 Å². The van der Waals surface area contributed by atoms with Gasteiger partial charge in [-0.1, -0.05) is 141 Å². The van der Waals surface area contributed by atoms with Crippen molar-refractivity contribution in [2.24, 2.45) is 5.92 Å². The molecule has 9 nitrogen and oxygen atoms in total. The lowest BCUT2D eigenvalue weighted by atomic mass is 9.75. The minimum Gasteiger partial charge on any atom is -0.483 e. The van der Waals surface area contributed by atoms with Crippen molar-refractivity contribution in [2.45, 2.75) is 231 Å². The normalized spacial score (nSPS) is 21.9. The summed E-state index contributed by atoms with van der Waals surface area (Å²) in [5.74, 6) is -0.879. The van der Waals surface area contributed by atoms with E-state index in [1.54, 1.807) is 0 Å². The van der Waals surface area contributed by atoms with Crippen molar-refractivity contribution in [3.05, 3.63) is 11.6 Å². The second-order valence-corrected chi connectivity index (χ2v) is 15.6. The van der Waals surface area contributed by atoms with E-state index < -0.39 is 12.1 Å². The summed E-state index contributed by atoms with van der Waals surface area (Å²) in [6.45, 7) is 8.63. The highest BCUT2D eigenvalue weighted by Gasteiger charge is 2.59. The van der Waals surface area contributed by atoms with Crippen LogP contribution < -0.4 is 0 Å². The van der Waals surface area contributed by atoms with E-state index in [-0.39, 0.29) is 42.6 Å². The first kappa shape index (κ1) is 50.0. The van der Waals surface area contributed by atoms with Gasteiger partial charge in [-0.3, -0.25) is 14.4 Å². The number of carboxylic acids is 1. The molecule has 4 N–H and O–H groups in total. The molecule has 0 aromatic heterocycles. The Hall–Kier alpha value is -1.97. The molecule has 5 atom stereocenters. The van der Waals surface area contributed by atoms with Gasteiger partial charge >= 0.3 is 11.9 Å². The van der Waals surface area contributed by atoms with Crippen LogP contribution >= 0.6 is 0 Å². The molecule has 306 valence electrons. The molecule has 0 aromatic rings. The summed E-state index contributed by atoms with van der Waals surface area (Å²) in [5, 5.41) is 34.7. The zero-order valence-corrected chi connectivity index (χ0v) is 33.8. The number of aliphatic carboxylic acids is 1. The SMILES string of the molecule is CC(C)=CCC1OC1(C)C1C[C@H](OC(=O)CCCCCCCCC(=O)O)CCC1O.CCCCCCCCCCCCCCCCCCO.O=CO. The van der Waals surface area contributed by atoms with E-state index >= 15 is 0 Å². The van der Waals surface area contributed by atoms with Gasteiger partial charge < -0.3 is 29.9 Å². The predicted molar refractivity (Wildman–Crippen MR) is 210 cm³/mol. The van der Waals surface area contributed by atoms with E-state index in [1.807, 2.05) is 0 Å². The molecule has 4 unspecified atom stereocenters. The Morgan fingerprint density at radius 1 is 0.750 bits per heavy atom. The number of hydrogen-bond acceptors (Lipinski definition) is 7. The molecule has 2 rings (SSSR count). The Kier molecular flexibility index (Phi) is 32.3. The lowest BCUT2D eigenvalue weighted by Crippen LogP contribution is -2.42. The van der Waals surface area contributed by atoms with Gasteiger partial charge in [0.1, 0.15) is 6.10 Å². The first-order valence-electron chi connectivity index (χ1n) is 21.1. The summed E-state index contributed by atoms with van der Waals surface area (Å²) < 4.78 is 11.7. The molecule has 2 aliphatic rings. The molecule has 0 radical (unpaired) electrons. The van der Waals surface area contributed by atoms with E-state index in [1.165, 1.54) is 102 Å². The molecule has 1 heterocycles. The summed E-state index contributed by atoms with van der Waals surface area (Å²) in [6.07, 6.45) is 33.0. The number of aliphatic hydroxyl groups is 2. The van der Waals surface area contributed by atoms with E-state index in [2.05, 4.69) is 33.8 Å². The fourth-order valence-corrected chi connectivity index (χ4v) is 7.22. The van der Waals surface area contributed by atoms with Crippen molar-refractivity contribution >= 4 is 18.4 Å². The van der Waals surface area contributed by atoms with Crippen LogP contribution in [0.3, 0.4) is 0 Å². The highest BCUT2D eigenvalue weighted by molar-refractivity contribution is 5.69. The maximum absolute atomic E-state index is 12.2. The summed E-state index contributed by atoms with van der Waals surface area (Å²) >= 11 is 0. The van der Waals surface area contributed by atoms with E-state index in [9.17, 15) is 14.7 Å². The van der Waals surface area contributed by atoms with Gasteiger partial charge in [-0.25, -0.2) is 0 Å². The van der Waals surface area contributed by atoms with E-state index in [0.29, 0.717) is 32.3 Å². The molecular weight excluding hydrogens is 660 g/mol. The van der Waals surface area contributed by atoms with Crippen molar-refractivity contribution in [3.63, 3.8) is 0 Å². The van der Waals surface area contributed by atoms with Crippen LogP contribution in [-0.4, -0.2) is 69.4 Å². The quantitative estimate of drug-likeness (QED) is 0.0193. The van der Waals surface area contributed by atoms with E-state index in [0.717, 1.165) is 51.4 Å². The zero-order valence-electron chi connectivity index (χ0n) is 33.8. The topological polar surface area (TPSA) is 154 Å². The lowest BCUT2D eigenvalue weighted by molar-refractivity contribution is -0.154. The number of carbonyl (C=O) groups is 3. The van der Waals surface area contributed by atoms with Crippen LogP contribution in [0, 0.1) is 5.92 Å². The number of rotatable bonds is 29. The fraction of sp³-hybridized carbons (Fsp3) is 0.884. The van der Waals surface area contributed by atoms with Crippen LogP contribution in [0.4, 0.5) is 0 Å². The Morgan fingerprint density at radius 2 is 1.19 bits per heavy atom. The molecule has 0 spiro atoms. The van der Waals surface area contributed by atoms with Crippen LogP contribution in [0.25, 0.3) is 0 Å². The molecule has 52 heavy (non-hydrogen) atoms. The van der Waals surface area contributed by atoms with Crippen LogP contribution in [0.15, 0.2) is 11.6 Å². The molecule has 0 amide bonds. The molecule has 2 fully saturated rings. The maximum atomic E-state index is 12.2. The second-order valence-electron chi connectivity index (χ2n) is 15.6. The Balaban J connectivity index is 0.00000102. The third-order valence-electron chi connectivity index (χ3n) is 10.6. The van der Waals surface area contributed by atoms with Gasteiger partial charge in [0.15, 0.2) is 0 Å². The van der Waals surface area contributed by atoms with Crippen molar-refractivity contribution in [1.29, 1.82) is 0 Å².